The van der Waals surface area contributed by atoms with Crippen molar-refractivity contribution in [2.75, 3.05) is 0 Å². The Bertz CT molecular complexity index is 2540. The van der Waals surface area contributed by atoms with Crippen LogP contribution in [0.4, 0.5) is 0 Å². The molecule has 0 aliphatic heterocycles. The Labute approximate surface area is 259 Å². The number of nitrogens with zero attached hydrogens (tertiary/aromatic N) is 3. The summed E-state index contributed by atoms with van der Waals surface area (Å²) in [4.78, 5) is 15.4. The fourth-order valence-electron chi connectivity index (χ4n) is 6.32. The van der Waals surface area contributed by atoms with Crippen molar-refractivity contribution in [2.24, 2.45) is 0 Å². The van der Waals surface area contributed by atoms with Crippen molar-refractivity contribution in [1.29, 1.82) is 0 Å². The smallest absolute Gasteiger partial charge is 0.164 e. The van der Waals surface area contributed by atoms with Crippen LogP contribution in [0, 0.1) is 0 Å². The van der Waals surface area contributed by atoms with E-state index in [1.165, 1.54) is 5.39 Å². The molecule has 9 aromatic rings. The highest BCUT2D eigenvalue weighted by Crippen LogP contribution is 2.37. The minimum Gasteiger partial charge on any atom is -0.456 e. The van der Waals surface area contributed by atoms with Crippen molar-refractivity contribution < 1.29 is 4.42 Å². The van der Waals surface area contributed by atoms with Crippen LogP contribution >= 0.6 is 0 Å². The normalized spacial score (nSPS) is 11.6. The summed E-state index contributed by atoms with van der Waals surface area (Å²) >= 11 is 0. The molecule has 4 nitrogen and oxygen atoms in total. The predicted octanol–water partition coefficient (Wildman–Crippen LogP) is 10.7. The molecule has 0 spiro atoms. The molecule has 45 heavy (non-hydrogen) atoms. The minimum absolute atomic E-state index is 0.614. The Balaban J connectivity index is 1.29. The van der Waals surface area contributed by atoms with Gasteiger partial charge in [0.15, 0.2) is 17.5 Å². The van der Waals surface area contributed by atoms with Crippen LogP contribution in [0.3, 0.4) is 0 Å². The second-order valence-electron chi connectivity index (χ2n) is 11.3. The molecule has 0 radical (unpaired) electrons. The number of fused-ring (bicyclic) bond motifs is 5. The first-order valence-electron chi connectivity index (χ1n) is 15.0. The third-order valence-electron chi connectivity index (χ3n) is 8.51. The fraction of sp³-hybridized carbons (Fsp3) is 0. The van der Waals surface area contributed by atoms with Gasteiger partial charge in [0.05, 0.1) is 0 Å². The minimum atomic E-state index is 0.614. The Kier molecular flexibility index (Phi) is 5.78. The molecule has 0 saturated carbocycles. The van der Waals surface area contributed by atoms with Gasteiger partial charge in [0.1, 0.15) is 11.2 Å². The molecule has 9 rings (SSSR count). The highest BCUT2D eigenvalue weighted by molar-refractivity contribution is 6.11. The molecule has 0 amide bonds. The standard InChI is InChI=1S/C41H25N3O/c1-2-11-26(12-3-1)31-18-8-9-19-33(31)40-42-39(43-41(44-40)34-20-10-16-27-13-6-7-17-32(27)34)30-21-22-37-35(24-30)36-23-28-14-4-5-15-29(28)25-38(36)45-37/h1-25H. The summed E-state index contributed by atoms with van der Waals surface area (Å²) in [6.45, 7) is 0. The van der Waals surface area contributed by atoms with Crippen LogP contribution in [-0.2, 0) is 0 Å². The zero-order chi connectivity index (χ0) is 29.7. The van der Waals surface area contributed by atoms with Crippen LogP contribution in [0.2, 0.25) is 0 Å². The van der Waals surface area contributed by atoms with E-state index >= 15 is 0 Å². The van der Waals surface area contributed by atoms with Crippen LogP contribution in [-0.4, -0.2) is 15.0 Å². The third kappa shape index (κ3) is 4.35. The lowest BCUT2D eigenvalue weighted by Crippen LogP contribution is -2.01. The molecule has 0 fully saturated rings. The molecule has 0 bridgehead atoms. The predicted molar refractivity (Wildman–Crippen MR) is 184 cm³/mol. The van der Waals surface area contributed by atoms with Gasteiger partial charge >= 0.3 is 0 Å². The van der Waals surface area contributed by atoms with Crippen molar-refractivity contribution in [1.82, 2.24) is 15.0 Å². The van der Waals surface area contributed by atoms with Crippen molar-refractivity contribution >= 4 is 43.5 Å². The summed E-state index contributed by atoms with van der Waals surface area (Å²) in [7, 11) is 0. The second-order valence-corrected chi connectivity index (χ2v) is 11.3. The SMILES string of the molecule is c1ccc(-c2ccccc2-c2nc(-c3ccc4oc5cc6ccccc6cc5c4c3)nc(-c3cccc4ccccc34)n2)cc1. The number of hydrogen-bond acceptors (Lipinski definition) is 4. The number of hydrogen-bond donors (Lipinski definition) is 0. The highest BCUT2D eigenvalue weighted by Gasteiger charge is 2.18. The van der Waals surface area contributed by atoms with Gasteiger partial charge in [0.2, 0.25) is 0 Å². The average molecular weight is 576 g/mol. The lowest BCUT2D eigenvalue weighted by molar-refractivity contribution is 0.669. The molecule has 0 aliphatic rings. The first kappa shape index (κ1) is 25.4. The lowest BCUT2D eigenvalue weighted by Gasteiger charge is -2.13. The first-order chi connectivity index (χ1) is 22.3. The maximum atomic E-state index is 6.30. The molecule has 0 N–H and O–H groups in total. The zero-order valence-electron chi connectivity index (χ0n) is 24.2. The number of furan rings is 1. The summed E-state index contributed by atoms with van der Waals surface area (Å²) in [5.74, 6) is 1.88. The van der Waals surface area contributed by atoms with Crippen molar-refractivity contribution in [3.8, 4) is 45.3 Å². The largest absolute Gasteiger partial charge is 0.456 e. The van der Waals surface area contributed by atoms with Crippen LogP contribution in [0.15, 0.2) is 156 Å². The summed E-state index contributed by atoms with van der Waals surface area (Å²) in [6, 6.07) is 52.2. The third-order valence-corrected chi connectivity index (χ3v) is 8.51. The van der Waals surface area contributed by atoms with Crippen molar-refractivity contribution in [3.63, 3.8) is 0 Å². The molecule has 0 atom stereocenters. The Morgan fingerprint density at radius 3 is 1.78 bits per heavy atom. The van der Waals surface area contributed by atoms with Gasteiger partial charge in [0.25, 0.3) is 0 Å². The van der Waals surface area contributed by atoms with E-state index in [2.05, 4.69) is 127 Å². The Morgan fingerprint density at radius 2 is 0.933 bits per heavy atom. The zero-order valence-corrected chi connectivity index (χ0v) is 24.2. The average Bonchev–Trinajstić information content (AvgIpc) is 3.47. The van der Waals surface area contributed by atoms with E-state index in [1.807, 2.05) is 24.3 Å². The van der Waals surface area contributed by atoms with Crippen LogP contribution < -0.4 is 0 Å². The van der Waals surface area contributed by atoms with E-state index in [-0.39, 0.29) is 0 Å². The number of benzene rings is 7. The maximum Gasteiger partial charge on any atom is 0.164 e. The molecular weight excluding hydrogens is 550 g/mol. The monoisotopic (exact) mass is 575 g/mol. The molecule has 0 unspecified atom stereocenters. The van der Waals surface area contributed by atoms with Gasteiger partial charge in [-0.05, 0) is 63.0 Å². The van der Waals surface area contributed by atoms with E-state index in [4.69, 9.17) is 19.4 Å². The van der Waals surface area contributed by atoms with Gasteiger partial charge in [-0.1, -0.05) is 121 Å². The molecule has 2 heterocycles. The van der Waals surface area contributed by atoms with Crippen LogP contribution in [0.1, 0.15) is 0 Å². The first-order valence-corrected chi connectivity index (χ1v) is 15.0. The van der Waals surface area contributed by atoms with E-state index < -0.39 is 0 Å². The van der Waals surface area contributed by atoms with Crippen LogP contribution in [0.5, 0.6) is 0 Å². The molecular formula is C41H25N3O. The van der Waals surface area contributed by atoms with Gasteiger partial charge in [-0.3, -0.25) is 0 Å². The molecule has 7 aromatic carbocycles. The molecule has 4 heteroatoms. The summed E-state index contributed by atoms with van der Waals surface area (Å²) < 4.78 is 6.30. The number of rotatable bonds is 4. The Hall–Kier alpha value is -6.13. The van der Waals surface area contributed by atoms with E-state index in [0.717, 1.165) is 65.9 Å². The van der Waals surface area contributed by atoms with E-state index in [0.29, 0.717) is 17.5 Å². The maximum absolute atomic E-state index is 6.30. The summed E-state index contributed by atoms with van der Waals surface area (Å²) in [5, 5.41) is 6.68. The quantitative estimate of drug-likeness (QED) is 0.209. The number of aromatic nitrogens is 3. The highest BCUT2D eigenvalue weighted by atomic mass is 16.3. The summed E-state index contributed by atoms with van der Waals surface area (Å²) in [5.41, 5.74) is 6.71. The van der Waals surface area contributed by atoms with Gasteiger partial charge < -0.3 is 4.42 Å². The summed E-state index contributed by atoms with van der Waals surface area (Å²) in [6.07, 6.45) is 0. The van der Waals surface area contributed by atoms with E-state index in [1.54, 1.807) is 0 Å². The van der Waals surface area contributed by atoms with Gasteiger partial charge in [-0.15, -0.1) is 0 Å². The van der Waals surface area contributed by atoms with Crippen LogP contribution in [0.25, 0.3) is 88.8 Å². The lowest BCUT2D eigenvalue weighted by atomic mass is 9.99. The molecule has 2 aromatic heterocycles. The fourth-order valence-corrected chi connectivity index (χ4v) is 6.32. The van der Waals surface area contributed by atoms with Gasteiger partial charge in [0, 0.05) is 27.5 Å². The van der Waals surface area contributed by atoms with Gasteiger partial charge in [-0.25, -0.2) is 15.0 Å². The molecule has 0 aliphatic carbocycles. The molecule has 210 valence electrons. The van der Waals surface area contributed by atoms with Crippen molar-refractivity contribution in [2.45, 2.75) is 0 Å². The second kappa shape index (κ2) is 10.2. The van der Waals surface area contributed by atoms with E-state index in [9.17, 15) is 0 Å². The van der Waals surface area contributed by atoms with Crippen molar-refractivity contribution in [3.05, 3.63) is 152 Å². The Morgan fingerprint density at radius 1 is 0.333 bits per heavy atom. The van der Waals surface area contributed by atoms with Gasteiger partial charge in [-0.2, -0.15) is 0 Å². The topological polar surface area (TPSA) is 51.8 Å². The molecule has 0 saturated heterocycles.